The summed E-state index contributed by atoms with van der Waals surface area (Å²) >= 11 is 5.07. The molecule has 0 unspecified atom stereocenters. The number of ether oxygens (including phenoxy) is 1. The van der Waals surface area contributed by atoms with Crippen LogP contribution in [0.2, 0.25) is 0 Å². The summed E-state index contributed by atoms with van der Waals surface area (Å²) in [6.45, 7) is 5.73. The molecule has 0 atom stereocenters. The monoisotopic (exact) mass is 276 g/mol. The predicted molar refractivity (Wildman–Crippen MR) is 77.6 cm³/mol. The highest BCUT2D eigenvalue weighted by molar-refractivity contribution is 7.80. The predicted octanol–water partition coefficient (Wildman–Crippen LogP) is 2.17. The minimum absolute atomic E-state index is 0.277. The number of aryl methyl sites for hydroxylation is 4. The van der Waals surface area contributed by atoms with Gasteiger partial charge in [0.15, 0.2) is 0 Å². The highest BCUT2D eigenvalue weighted by atomic mass is 32.1. The van der Waals surface area contributed by atoms with Crippen molar-refractivity contribution in [3.8, 4) is 11.8 Å². The van der Waals surface area contributed by atoms with Crippen LogP contribution in [0, 0.1) is 20.8 Å². The van der Waals surface area contributed by atoms with E-state index in [1.54, 1.807) is 4.68 Å². The number of thiocarbonyl (C=S) groups is 1. The minimum atomic E-state index is 0.277. The van der Waals surface area contributed by atoms with Gasteiger partial charge in [-0.05, 0) is 32.4 Å². The van der Waals surface area contributed by atoms with Crippen LogP contribution in [0.5, 0.6) is 11.8 Å². The summed E-state index contributed by atoms with van der Waals surface area (Å²) in [7, 11) is 1.81. The number of rotatable bonds is 3. The number of nitrogens with zero attached hydrogens (tertiary/aromatic N) is 3. The zero-order valence-electron chi connectivity index (χ0n) is 11.4. The molecule has 0 spiro atoms. The van der Waals surface area contributed by atoms with E-state index in [1.807, 2.05) is 40.0 Å². The molecule has 2 rings (SSSR count). The third kappa shape index (κ3) is 2.73. The summed E-state index contributed by atoms with van der Waals surface area (Å²) in [6, 6.07) is 3.76. The fraction of sp³-hybridized carbons (Fsp3) is 0.308. The molecule has 6 heteroatoms. The second-order valence-corrected chi connectivity index (χ2v) is 4.91. The summed E-state index contributed by atoms with van der Waals surface area (Å²) < 4.78 is 7.46. The number of hydrogen-bond donors (Lipinski definition) is 1. The van der Waals surface area contributed by atoms with Crippen molar-refractivity contribution in [2.24, 2.45) is 12.8 Å². The lowest BCUT2D eigenvalue weighted by atomic mass is 10.1. The molecule has 0 bridgehead atoms. The first-order chi connectivity index (χ1) is 8.88. The lowest BCUT2D eigenvalue weighted by Crippen LogP contribution is -2.14. The fourth-order valence-corrected chi connectivity index (χ4v) is 2.21. The molecule has 5 nitrogen and oxygen atoms in total. The van der Waals surface area contributed by atoms with E-state index >= 15 is 0 Å². The van der Waals surface area contributed by atoms with E-state index in [1.165, 1.54) is 0 Å². The van der Waals surface area contributed by atoms with Gasteiger partial charge in [-0.1, -0.05) is 12.2 Å². The molecule has 0 fully saturated rings. The second-order valence-electron chi connectivity index (χ2n) is 4.47. The van der Waals surface area contributed by atoms with Gasteiger partial charge in [0.05, 0.1) is 11.3 Å². The van der Waals surface area contributed by atoms with Crippen molar-refractivity contribution in [2.45, 2.75) is 20.8 Å². The summed E-state index contributed by atoms with van der Waals surface area (Å²) in [5, 5.41) is 4.23. The van der Waals surface area contributed by atoms with Gasteiger partial charge in [-0.15, -0.1) is 0 Å². The average molecular weight is 276 g/mol. The van der Waals surface area contributed by atoms with E-state index in [9.17, 15) is 0 Å². The molecular formula is C13H16N4OS. The Morgan fingerprint density at radius 2 is 1.95 bits per heavy atom. The Morgan fingerprint density at radius 1 is 1.26 bits per heavy atom. The maximum absolute atomic E-state index is 5.81. The van der Waals surface area contributed by atoms with Crippen molar-refractivity contribution in [1.29, 1.82) is 0 Å². The van der Waals surface area contributed by atoms with E-state index in [4.69, 9.17) is 22.7 Å². The van der Waals surface area contributed by atoms with Crippen LogP contribution in [0.25, 0.3) is 0 Å². The molecule has 0 saturated carbocycles. The van der Waals surface area contributed by atoms with Crippen molar-refractivity contribution in [2.75, 3.05) is 0 Å². The van der Waals surface area contributed by atoms with Gasteiger partial charge in [0.1, 0.15) is 4.99 Å². The topological polar surface area (TPSA) is 66.0 Å². The van der Waals surface area contributed by atoms with Crippen molar-refractivity contribution < 1.29 is 4.74 Å². The molecule has 0 amide bonds. The van der Waals surface area contributed by atoms with E-state index in [0.717, 1.165) is 17.0 Å². The highest BCUT2D eigenvalue weighted by Crippen LogP contribution is 2.26. The standard InChI is InChI=1S/C13H16N4OS/c1-7-5-8(2)15-13(11(7)12(14)19)18-10-6-9(3)16-17(10)4/h5-6H,1-4H3,(H2,14,19). The Hall–Kier alpha value is -1.95. The second kappa shape index (κ2) is 4.97. The maximum atomic E-state index is 5.81. The Labute approximate surface area is 117 Å². The molecule has 2 aromatic heterocycles. The molecule has 2 N–H and O–H groups in total. The molecule has 0 radical (unpaired) electrons. The van der Waals surface area contributed by atoms with Gasteiger partial charge in [-0.3, -0.25) is 0 Å². The van der Waals surface area contributed by atoms with Crippen LogP contribution in [0.3, 0.4) is 0 Å². The highest BCUT2D eigenvalue weighted by Gasteiger charge is 2.15. The molecule has 0 aliphatic rings. The smallest absolute Gasteiger partial charge is 0.232 e. The van der Waals surface area contributed by atoms with Crippen LogP contribution in [-0.4, -0.2) is 19.8 Å². The van der Waals surface area contributed by atoms with Gasteiger partial charge >= 0.3 is 0 Å². The molecule has 2 heterocycles. The Bertz CT molecular complexity index is 648. The normalized spacial score (nSPS) is 10.5. The summed E-state index contributed by atoms with van der Waals surface area (Å²) in [4.78, 5) is 4.65. The first kappa shape index (κ1) is 13.5. The third-order valence-electron chi connectivity index (χ3n) is 2.72. The molecule has 19 heavy (non-hydrogen) atoms. The summed E-state index contributed by atoms with van der Waals surface area (Å²) in [5.74, 6) is 1.03. The van der Waals surface area contributed by atoms with Crippen molar-refractivity contribution in [1.82, 2.24) is 14.8 Å². The van der Waals surface area contributed by atoms with Crippen LogP contribution in [0.4, 0.5) is 0 Å². The van der Waals surface area contributed by atoms with Crippen LogP contribution in [0.1, 0.15) is 22.5 Å². The van der Waals surface area contributed by atoms with Crippen molar-refractivity contribution in [3.05, 3.63) is 34.6 Å². The first-order valence-electron chi connectivity index (χ1n) is 5.85. The number of aromatic nitrogens is 3. The van der Waals surface area contributed by atoms with Crippen molar-refractivity contribution in [3.63, 3.8) is 0 Å². The molecule has 2 aromatic rings. The number of pyridine rings is 1. The van der Waals surface area contributed by atoms with Gasteiger partial charge < -0.3 is 10.5 Å². The quantitative estimate of drug-likeness (QED) is 0.870. The van der Waals surface area contributed by atoms with E-state index < -0.39 is 0 Å². The molecule has 100 valence electrons. The zero-order chi connectivity index (χ0) is 14.2. The van der Waals surface area contributed by atoms with Gasteiger partial charge in [-0.25, -0.2) is 9.67 Å². The third-order valence-corrected chi connectivity index (χ3v) is 2.92. The van der Waals surface area contributed by atoms with Gasteiger partial charge in [0.25, 0.3) is 0 Å². The van der Waals surface area contributed by atoms with Crippen LogP contribution < -0.4 is 10.5 Å². The Kier molecular flexibility index (Phi) is 3.53. The van der Waals surface area contributed by atoms with Crippen LogP contribution in [0.15, 0.2) is 12.1 Å². The number of nitrogens with two attached hydrogens (primary N) is 1. The molecule has 0 saturated heterocycles. The van der Waals surface area contributed by atoms with E-state index in [-0.39, 0.29) is 4.99 Å². The van der Waals surface area contributed by atoms with E-state index in [0.29, 0.717) is 17.3 Å². The Morgan fingerprint density at radius 3 is 2.47 bits per heavy atom. The van der Waals surface area contributed by atoms with Crippen LogP contribution in [-0.2, 0) is 7.05 Å². The largest absolute Gasteiger partial charge is 0.420 e. The summed E-state index contributed by atoms with van der Waals surface area (Å²) in [5.41, 5.74) is 9.10. The van der Waals surface area contributed by atoms with Crippen molar-refractivity contribution >= 4 is 17.2 Å². The molecule has 0 aliphatic carbocycles. The average Bonchev–Trinajstić information content (AvgIpc) is 2.55. The van der Waals surface area contributed by atoms with Crippen LogP contribution >= 0.6 is 12.2 Å². The molecule has 0 aromatic carbocycles. The van der Waals surface area contributed by atoms with Gasteiger partial charge in [-0.2, -0.15) is 5.10 Å². The minimum Gasteiger partial charge on any atom is -0.420 e. The first-order valence-corrected chi connectivity index (χ1v) is 6.26. The SMILES string of the molecule is Cc1cc(C)c(C(N)=S)c(Oc2cc(C)nn2C)n1. The zero-order valence-corrected chi connectivity index (χ0v) is 12.2. The molecular weight excluding hydrogens is 260 g/mol. The molecule has 0 aliphatic heterocycles. The fourth-order valence-electron chi connectivity index (χ4n) is 1.96. The Balaban J connectivity index is 2.50. The maximum Gasteiger partial charge on any atom is 0.232 e. The van der Waals surface area contributed by atoms with Gasteiger partial charge in [0.2, 0.25) is 11.8 Å². The number of hydrogen-bond acceptors (Lipinski definition) is 4. The lowest BCUT2D eigenvalue weighted by molar-refractivity contribution is 0.413. The summed E-state index contributed by atoms with van der Waals surface area (Å²) in [6.07, 6.45) is 0. The lowest BCUT2D eigenvalue weighted by Gasteiger charge is -2.12. The van der Waals surface area contributed by atoms with E-state index in [2.05, 4.69) is 10.1 Å². The van der Waals surface area contributed by atoms with Gasteiger partial charge in [0, 0.05) is 18.8 Å².